The zero-order valence-corrected chi connectivity index (χ0v) is 38.8. The Kier molecular flexibility index (Phi) is 8.95. The van der Waals surface area contributed by atoms with Gasteiger partial charge in [0.15, 0.2) is 0 Å². The molecular formula is C66H50N2. The first-order chi connectivity index (χ1) is 33.3. The summed E-state index contributed by atoms with van der Waals surface area (Å²) in [4.78, 5) is 2.50. The maximum atomic E-state index is 2.50. The van der Waals surface area contributed by atoms with Crippen molar-refractivity contribution in [3.8, 4) is 61.3 Å². The second kappa shape index (κ2) is 15.2. The highest BCUT2D eigenvalue weighted by atomic mass is 15.1. The van der Waals surface area contributed by atoms with Crippen molar-refractivity contribution in [2.75, 3.05) is 4.90 Å². The predicted molar refractivity (Wildman–Crippen MR) is 287 cm³/mol. The minimum absolute atomic E-state index is 0.0715. The average Bonchev–Trinajstić information content (AvgIpc) is 3.93. The maximum absolute atomic E-state index is 2.50. The van der Waals surface area contributed by atoms with Gasteiger partial charge >= 0.3 is 0 Å². The lowest BCUT2D eigenvalue weighted by Crippen LogP contribution is -2.15. The van der Waals surface area contributed by atoms with Gasteiger partial charge in [0.05, 0.1) is 22.4 Å². The van der Waals surface area contributed by atoms with Crippen LogP contribution < -0.4 is 4.90 Å². The van der Waals surface area contributed by atoms with Gasteiger partial charge in [-0.3, -0.25) is 0 Å². The van der Waals surface area contributed by atoms with Crippen LogP contribution >= 0.6 is 0 Å². The van der Waals surface area contributed by atoms with Crippen LogP contribution in [0.15, 0.2) is 231 Å². The van der Waals surface area contributed by atoms with E-state index in [1.165, 1.54) is 88.6 Å². The van der Waals surface area contributed by atoms with E-state index in [0.717, 1.165) is 33.9 Å². The third-order valence-corrected chi connectivity index (χ3v) is 15.2. The number of para-hydroxylation sites is 4. The molecule has 2 aliphatic carbocycles. The first kappa shape index (κ1) is 40.1. The van der Waals surface area contributed by atoms with Gasteiger partial charge in [0.25, 0.3) is 0 Å². The Bertz CT molecular complexity index is 3790. The summed E-state index contributed by atoms with van der Waals surface area (Å²) in [7, 11) is 0. The monoisotopic (exact) mass is 870 g/mol. The fraction of sp³-hybridized carbons (Fsp3) is 0.0909. The summed E-state index contributed by atoms with van der Waals surface area (Å²) in [6.07, 6.45) is 0. The molecule has 1 aromatic heterocycles. The molecule has 13 rings (SSSR count). The van der Waals surface area contributed by atoms with Gasteiger partial charge in [-0.2, -0.15) is 0 Å². The van der Waals surface area contributed by atoms with Crippen molar-refractivity contribution in [3.63, 3.8) is 0 Å². The van der Waals surface area contributed by atoms with Crippen LogP contribution in [0, 0.1) is 0 Å². The van der Waals surface area contributed by atoms with Crippen molar-refractivity contribution in [2.24, 2.45) is 0 Å². The van der Waals surface area contributed by atoms with Crippen LogP contribution in [0.1, 0.15) is 49.9 Å². The molecular weight excluding hydrogens is 821 g/mol. The normalized spacial score (nSPS) is 13.8. The molecule has 324 valence electrons. The third kappa shape index (κ3) is 5.97. The van der Waals surface area contributed by atoms with Crippen molar-refractivity contribution in [3.05, 3.63) is 253 Å². The molecule has 0 radical (unpaired) electrons. The molecule has 0 aliphatic heterocycles. The van der Waals surface area contributed by atoms with E-state index in [-0.39, 0.29) is 10.8 Å². The van der Waals surface area contributed by atoms with E-state index >= 15 is 0 Å². The van der Waals surface area contributed by atoms with E-state index in [0.29, 0.717) is 0 Å². The lowest BCUT2D eigenvalue weighted by Gasteiger charge is -2.30. The Labute approximate surface area is 399 Å². The molecule has 2 aliphatic rings. The average molecular weight is 871 g/mol. The summed E-state index contributed by atoms with van der Waals surface area (Å²) in [6, 6.07) is 85.6. The van der Waals surface area contributed by atoms with E-state index in [9.17, 15) is 0 Å². The molecule has 0 saturated carbocycles. The first-order valence-electron chi connectivity index (χ1n) is 23.9. The van der Waals surface area contributed by atoms with E-state index in [4.69, 9.17) is 0 Å². The summed E-state index contributed by atoms with van der Waals surface area (Å²) >= 11 is 0. The largest absolute Gasteiger partial charge is 0.309 e. The van der Waals surface area contributed by atoms with Gasteiger partial charge in [-0.15, -0.1) is 0 Å². The summed E-state index contributed by atoms with van der Waals surface area (Å²) in [5.74, 6) is 0. The molecule has 2 heteroatoms. The van der Waals surface area contributed by atoms with Crippen LogP contribution in [0.4, 0.5) is 17.1 Å². The lowest BCUT2D eigenvalue weighted by molar-refractivity contribution is 0.660. The van der Waals surface area contributed by atoms with Crippen LogP contribution in [0.5, 0.6) is 0 Å². The second-order valence-corrected chi connectivity index (χ2v) is 19.7. The highest BCUT2D eigenvalue weighted by molar-refractivity contribution is 6.11. The number of rotatable bonds is 7. The molecule has 0 spiro atoms. The summed E-state index contributed by atoms with van der Waals surface area (Å²) < 4.78 is 2.41. The third-order valence-electron chi connectivity index (χ3n) is 15.2. The fourth-order valence-corrected chi connectivity index (χ4v) is 11.9. The molecule has 0 bridgehead atoms. The van der Waals surface area contributed by atoms with Crippen LogP contribution in [0.3, 0.4) is 0 Å². The summed E-state index contributed by atoms with van der Waals surface area (Å²) in [6.45, 7) is 9.45. The predicted octanol–water partition coefficient (Wildman–Crippen LogP) is 17.9. The van der Waals surface area contributed by atoms with Gasteiger partial charge < -0.3 is 9.47 Å². The lowest BCUT2D eigenvalue weighted by atomic mass is 9.81. The van der Waals surface area contributed by atoms with Crippen molar-refractivity contribution in [2.45, 2.75) is 38.5 Å². The van der Waals surface area contributed by atoms with Crippen molar-refractivity contribution in [1.82, 2.24) is 4.57 Å². The zero-order chi connectivity index (χ0) is 45.7. The maximum Gasteiger partial charge on any atom is 0.0547 e. The molecule has 0 unspecified atom stereocenters. The Hall–Kier alpha value is -8.20. The topological polar surface area (TPSA) is 8.17 Å². The molecule has 2 nitrogen and oxygen atoms in total. The number of anilines is 3. The highest BCUT2D eigenvalue weighted by Crippen LogP contribution is 2.55. The minimum atomic E-state index is -0.116. The van der Waals surface area contributed by atoms with Gasteiger partial charge in [0.2, 0.25) is 0 Å². The van der Waals surface area contributed by atoms with Crippen LogP contribution in [-0.4, -0.2) is 4.57 Å². The summed E-state index contributed by atoms with van der Waals surface area (Å²) in [5, 5.41) is 2.49. The molecule has 10 aromatic carbocycles. The van der Waals surface area contributed by atoms with Gasteiger partial charge in [0.1, 0.15) is 0 Å². The fourth-order valence-electron chi connectivity index (χ4n) is 11.9. The van der Waals surface area contributed by atoms with Gasteiger partial charge in [-0.1, -0.05) is 204 Å². The Morgan fingerprint density at radius 3 is 1.63 bits per heavy atom. The van der Waals surface area contributed by atoms with Crippen molar-refractivity contribution < 1.29 is 0 Å². The van der Waals surface area contributed by atoms with Gasteiger partial charge in [0, 0.05) is 44.1 Å². The molecule has 0 fully saturated rings. The van der Waals surface area contributed by atoms with E-state index in [1.54, 1.807) is 0 Å². The number of aromatic nitrogens is 1. The smallest absolute Gasteiger partial charge is 0.0547 e. The van der Waals surface area contributed by atoms with Crippen molar-refractivity contribution in [1.29, 1.82) is 0 Å². The summed E-state index contributed by atoms with van der Waals surface area (Å²) in [5.41, 5.74) is 24.7. The quantitative estimate of drug-likeness (QED) is 0.155. The standard InChI is InChI=1S/C66H50N2/c1-65(2)57-28-14-9-25-55(57)64-54(26-18-29-58(64)65)52-24-12-17-32-62(52)67(47-37-33-43(34-38-47)44-35-39-50-49-22-8-13-27-56(49)66(3,4)59(50)41-44)60-30-15-10-21-48(60)45-36-40-53-51-23-11-16-31-61(51)68(63(53)42-45)46-19-6-5-7-20-46/h5-42H,1-4H3. The Morgan fingerprint density at radius 2 is 0.853 bits per heavy atom. The van der Waals surface area contributed by atoms with Gasteiger partial charge in [-0.25, -0.2) is 0 Å². The number of fused-ring (bicyclic) bond motifs is 9. The number of benzene rings is 10. The molecule has 68 heavy (non-hydrogen) atoms. The molecule has 0 N–H and O–H groups in total. The van der Waals surface area contributed by atoms with E-state index < -0.39 is 0 Å². The SMILES string of the molecule is CC1(C)c2ccccc2-c2ccc(-c3ccc(N(c4ccccc4-c4ccc5c6ccccc6n(-c6ccccc6)c5c4)c4ccccc4-c4cccc5c4-c4ccccc4C5(C)C)cc3)cc21. The van der Waals surface area contributed by atoms with Crippen molar-refractivity contribution >= 4 is 38.9 Å². The number of hydrogen-bond acceptors (Lipinski definition) is 1. The Balaban J connectivity index is 1.01. The zero-order valence-electron chi connectivity index (χ0n) is 38.8. The molecule has 11 aromatic rings. The molecule has 0 amide bonds. The number of hydrogen-bond donors (Lipinski definition) is 0. The van der Waals surface area contributed by atoms with E-state index in [2.05, 4.69) is 268 Å². The molecule has 0 saturated heterocycles. The Morgan fingerprint density at radius 1 is 0.324 bits per heavy atom. The number of nitrogens with zero attached hydrogens (tertiary/aromatic N) is 2. The van der Waals surface area contributed by atoms with E-state index in [1.807, 2.05) is 0 Å². The van der Waals surface area contributed by atoms with Crippen LogP contribution in [0.25, 0.3) is 83.1 Å². The van der Waals surface area contributed by atoms with Crippen LogP contribution in [0.2, 0.25) is 0 Å². The van der Waals surface area contributed by atoms with Crippen LogP contribution in [-0.2, 0) is 10.8 Å². The molecule has 1 heterocycles. The first-order valence-corrected chi connectivity index (χ1v) is 23.9. The highest BCUT2D eigenvalue weighted by Gasteiger charge is 2.38. The minimum Gasteiger partial charge on any atom is -0.309 e. The second-order valence-electron chi connectivity index (χ2n) is 19.7. The van der Waals surface area contributed by atoms with Gasteiger partial charge in [-0.05, 0) is 121 Å². The molecule has 0 atom stereocenters.